The van der Waals surface area contributed by atoms with E-state index in [9.17, 15) is 8.42 Å². The van der Waals surface area contributed by atoms with E-state index in [-0.39, 0.29) is 4.21 Å². The summed E-state index contributed by atoms with van der Waals surface area (Å²) >= 11 is 4.40. The molecule has 0 fully saturated rings. The third-order valence-corrected chi connectivity index (χ3v) is 6.55. The number of anilines is 1. The summed E-state index contributed by atoms with van der Waals surface area (Å²) in [6.07, 6.45) is 0. The topological polar surface area (TPSA) is 55.4 Å². The monoisotopic (exact) mass is 389 g/mol. The fourth-order valence-corrected chi connectivity index (χ4v) is 4.97. The summed E-state index contributed by atoms with van der Waals surface area (Å²) in [5.41, 5.74) is 0.483. The van der Waals surface area contributed by atoms with Crippen molar-refractivity contribution in [3.8, 4) is 5.75 Å². The second kappa shape index (κ2) is 6.81. The van der Waals surface area contributed by atoms with E-state index < -0.39 is 10.0 Å². The van der Waals surface area contributed by atoms with Crippen LogP contribution in [0.1, 0.15) is 13.8 Å². The van der Waals surface area contributed by atoms with E-state index in [4.69, 9.17) is 4.74 Å². The maximum Gasteiger partial charge on any atom is 0.272 e. The summed E-state index contributed by atoms with van der Waals surface area (Å²) in [5.74, 6) is 1.06. The maximum absolute atomic E-state index is 12.3. The SMILES string of the molecule is CC(C)COc1cccc(NS(=O)(=O)c2sccc2Br)c1. The maximum atomic E-state index is 12.3. The normalized spacial score (nSPS) is 11.6. The highest BCUT2D eigenvalue weighted by Crippen LogP contribution is 2.30. The lowest BCUT2D eigenvalue weighted by Gasteiger charge is -2.11. The Bertz CT molecular complexity index is 711. The first kappa shape index (κ1) is 16.3. The molecule has 0 saturated carbocycles. The van der Waals surface area contributed by atoms with Crippen LogP contribution in [0.2, 0.25) is 0 Å². The van der Waals surface area contributed by atoms with Gasteiger partial charge >= 0.3 is 0 Å². The van der Waals surface area contributed by atoms with Crippen molar-refractivity contribution in [2.24, 2.45) is 5.92 Å². The van der Waals surface area contributed by atoms with Gasteiger partial charge in [-0.3, -0.25) is 4.72 Å². The van der Waals surface area contributed by atoms with Gasteiger partial charge in [0.15, 0.2) is 4.21 Å². The van der Waals surface area contributed by atoms with Gasteiger partial charge in [-0.05, 0) is 45.4 Å². The van der Waals surface area contributed by atoms with Crippen molar-refractivity contribution in [3.05, 3.63) is 40.2 Å². The van der Waals surface area contributed by atoms with Crippen LogP contribution in [0, 0.1) is 5.92 Å². The molecule has 2 aromatic rings. The summed E-state index contributed by atoms with van der Waals surface area (Å²) < 4.78 is 33.6. The third kappa shape index (κ3) is 4.46. The molecule has 0 radical (unpaired) electrons. The average molecular weight is 390 g/mol. The number of rotatable bonds is 6. The highest BCUT2D eigenvalue weighted by molar-refractivity contribution is 9.10. The number of hydrogen-bond donors (Lipinski definition) is 1. The second-order valence-corrected chi connectivity index (χ2v) is 8.54. The minimum Gasteiger partial charge on any atom is -0.493 e. The van der Waals surface area contributed by atoms with E-state index in [0.29, 0.717) is 28.4 Å². The first-order valence-electron chi connectivity index (χ1n) is 6.37. The van der Waals surface area contributed by atoms with E-state index in [1.54, 1.807) is 35.7 Å². The van der Waals surface area contributed by atoms with Crippen LogP contribution in [-0.2, 0) is 10.0 Å². The molecule has 0 saturated heterocycles. The first-order chi connectivity index (χ1) is 9.88. The summed E-state index contributed by atoms with van der Waals surface area (Å²) in [6, 6.07) is 8.66. The molecule has 0 bridgehead atoms. The number of halogens is 1. The molecule has 1 aromatic heterocycles. The third-order valence-electron chi connectivity index (χ3n) is 2.50. The lowest BCUT2D eigenvalue weighted by Crippen LogP contribution is -2.12. The van der Waals surface area contributed by atoms with Crippen LogP contribution in [0.4, 0.5) is 5.69 Å². The Kier molecular flexibility index (Phi) is 5.29. The van der Waals surface area contributed by atoms with Crippen LogP contribution in [0.5, 0.6) is 5.75 Å². The Balaban J connectivity index is 2.16. The Hall–Kier alpha value is -1.05. The zero-order valence-electron chi connectivity index (χ0n) is 11.7. The summed E-state index contributed by atoms with van der Waals surface area (Å²) in [6.45, 7) is 4.70. The van der Waals surface area contributed by atoms with Crippen LogP contribution in [0.25, 0.3) is 0 Å². The molecule has 2 rings (SSSR count). The van der Waals surface area contributed by atoms with Gasteiger partial charge in [-0.1, -0.05) is 19.9 Å². The van der Waals surface area contributed by atoms with Gasteiger partial charge in [0.2, 0.25) is 0 Å². The highest BCUT2D eigenvalue weighted by Gasteiger charge is 2.19. The van der Waals surface area contributed by atoms with Gasteiger partial charge in [0.05, 0.1) is 12.3 Å². The molecular formula is C14H16BrNO3S2. The van der Waals surface area contributed by atoms with Crippen molar-refractivity contribution in [1.82, 2.24) is 0 Å². The largest absolute Gasteiger partial charge is 0.493 e. The number of thiophene rings is 1. The van der Waals surface area contributed by atoms with Gasteiger partial charge in [-0.25, -0.2) is 8.42 Å². The van der Waals surface area contributed by atoms with Crippen LogP contribution in [0.3, 0.4) is 0 Å². The molecular weight excluding hydrogens is 374 g/mol. The minimum atomic E-state index is -3.58. The van der Waals surface area contributed by atoms with Gasteiger partial charge in [0.1, 0.15) is 5.75 Å². The lowest BCUT2D eigenvalue weighted by molar-refractivity contribution is 0.271. The highest BCUT2D eigenvalue weighted by atomic mass is 79.9. The van der Waals surface area contributed by atoms with Crippen molar-refractivity contribution in [3.63, 3.8) is 0 Å². The average Bonchev–Trinajstić information content (AvgIpc) is 2.83. The van der Waals surface area contributed by atoms with Crippen molar-refractivity contribution in [1.29, 1.82) is 0 Å². The summed E-state index contributed by atoms with van der Waals surface area (Å²) in [5, 5.41) is 1.72. The Labute approximate surface area is 137 Å². The van der Waals surface area contributed by atoms with Gasteiger partial charge in [0, 0.05) is 10.5 Å². The molecule has 0 amide bonds. The lowest BCUT2D eigenvalue weighted by atomic mass is 10.2. The summed E-state index contributed by atoms with van der Waals surface area (Å²) in [4.78, 5) is 0. The van der Waals surface area contributed by atoms with Crippen LogP contribution < -0.4 is 9.46 Å². The number of benzene rings is 1. The molecule has 0 aliphatic rings. The molecule has 0 aliphatic carbocycles. The molecule has 1 heterocycles. The van der Waals surface area contributed by atoms with Crippen LogP contribution >= 0.6 is 27.3 Å². The molecule has 21 heavy (non-hydrogen) atoms. The number of sulfonamides is 1. The zero-order chi connectivity index (χ0) is 15.5. The molecule has 0 unspecified atom stereocenters. The van der Waals surface area contributed by atoms with Gasteiger partial charge in [0.25, 0.3) is 10.0 Å². The van der Waals surface area contributed by atoms with Crippen LogP contribution in [-0.4, -0.2) is 15.0 Å². The molecule has 7 heteroatoms. The van der Waals surface area contributed by atoms with Crippen molar-refractivity contribution in [2.45, 2.75) is 18.1 Å². The van der Waals surface area contributed by atoms with Gasteiger partial charge in [-0.2, -0.15) is 0 Å². The quantitative estimate of drug-likeness (QED) is 0.798. The van der Waals surface area contributed by atoms with Crippen LogP contribution in [0.15, 0.2) is 44.4 Å². The molecule has 1 N–H and O–H groups in total. The zero-order valence-corrected chi connectivity index (χ0v) is 14.9. The minimum absolute atomic E-state index is 0.260. The fourth-order valence-electron chi connectivity index (χ4n) is 1.59. The number of ether oxygens (including phenoxy) is 1. The molecule has 0 atom stereocenters. The molecule has 1 aromatic carbocycles. The summed E-state index contributed by atoms with van der Waals surface area (Å²) in [7, 11) is -3.58. The smallest absolute Gasteiger partial charge is 0.272 e. The second-order valence-electron chi connectivity index (χ2n) is 4.89. The standard InChI is InChI=1S/C14H16BrNO3S2/c1-10(2)9-19-12-5-3-4-11(8-12)16-21(17,18)14-13(15)6-7-20-14/h3-8,10,16H,9H2,1-2H3. The first-order valence-corrected chi connectivity index (χ1v) is 9.53. The molecule has 0 aliphatic heterocycles. The Morgan fingerprint density at radius 3 is 2.71 bits per heavy atom. The van der Waals surface area contributed by atoms with Crippen molar-refractivity contribution >= 4 is 43.0 Å². The van der Waals surface area contributed by atoms with E-state index in [0.717, 1.165) is 0 Å². The van der Waals surface area contributed by atoms with Gasteiger partial charge in [-0.15, -0.1) is 11.3 Å². The number of hydrogen-bond acceptors (Lipinski definition) is 4. The van der Waals surface area contributed by atoms with E-state index in [1.807, 2.05) is 0 Å². The van der Waals surface area contributed by atoms with Gasteiger partial charge < -0.3 is 4.74 Å². The Morgan fingerprint density at radius 2 is 2.10 bits per heavy atom. The molecule has 114 valence electrons. The van der Waals surface area contributed by atoms with Crippen molar-refractivity contribution in [2.75, 3.05) is 11.3 Å². The Morgan fingerprint density at radius 1 is 1.33 bits per heavy atom. The fraction of sp³-hybridized carbons (Fsp3) is 0.286. The molecule has 0 spiro atoms. The van der Waals surface area contributed by atoms with Crippen molar-refractivity contribution < 1.29 is 13.2 Å². The molecule has 4 nitrogen and oxygen atoms in total. The number of nitrogens with one attached hydrogen (secondary N) is 1. The van der Waals surface area contributed by atoms with E-state index in [2.05, 4.69) is 34.5 Å². The van der Waals surface area contributed by atoms with E-state index >= 15 is 0 Å². The predicted molar refractivity (Wildman–Crippen MR) is 89.6 cm³/mol. The van der Waals surface area contributed by atoms with E-state index in [1.165, 1.54) is 11.3 Å². The predicted octanol–water partition coefficient (Wildman–Crippen LogP) is 4.35.